The molecule has 5 nitrogen and oxygen atoms in total. The van der Waals surface area contributed by atoms with Crippen molar-refractivity contribution in [2.45, 2.75) is 29.5 Å². The van der Waals surface area contributed by atoms with Crippen LogP contribution in [0.5, 0.6) is 0 Å². The van der Waals surface area contributed by atoms with Crippen molar-refractivity contribution in [2.75, 3.05) is 0 Å². The van der Waals surface area contributed by atoms with Gasteiger partial charge in [0.05, 0.1) is 4.34 Å². The summed E-state index contributed by atoms with van der Waals surface area (Å²) in [6.07, 6.45) is 2.51. The molecule has 100 valence electrons. The first-order chi connectivity index (χ1) is 8.38. The van der Waals surface area contributed by atoms with Crippen LogP contribution >= 0.6 is 22.9 Å². The highest BCUT2D eigenvalue weighted by molar-refractivity contribution is 7.91. The van der Waals surface area contributed by atoms with Gasteiger partial charge >= 0.3 is 0 Å². The van der Waals surface area contributed by atoms with Crippen molar-refractivity contribution in [3.05, 3.63) is 16.5 Å². The fourth-order valence-corrected chi connectivity index (χ4v) is 4.31. The molecule has 1 atom stereocenters. The smallest absolute Gasteiger partial charge is 0.250 e. The Morgan fingerprint density at radius 3 is 2.67 bits per heavy atom. The molecule has 1 aromatic heterocycles. The van der Waals surface area contributed by atoms with Gasteiger partial charge in [-0.3, -0.25) is 4.79 Å². The van der Waals surface area contributed by atoms with Crippen LogP contribution < -0.4 is 10.5 Å². The minimum Gasteiger partial charge on any atom is -0.368 e. The SMILES string of the molecule is NC(=O)C(CC1CC1)NS(=O)(=O)c1ccc(Cl)s1. The average molecular weight is 309 g/mol. The second-order valence-electron chi connectivity index (χ2n) is 4.31. The molecule has 1 saturated carbocycles. The molecule has 1 aromatic rings. The van der Waals surface area contributed by atoms with Gasteiger partial charge in [-0.15, -0.1) is 11.3 Å². The van der Waals surface area contributed by atoms with Gasteiger partial charge in [0.2, 0.25) is 5.91 Å². The monoisotopic (exact) mass is 308 g/mol. The van der Waals surface area contributed by atoms with E-state index < -0.39 is 22.0 Å². The Kier molecular flexibility index (Phi) is 3.96. The summed E-state index contributed by atoms with van der Waals surface area (Å²) in [5, 5.41) is 0. The quantitative estimate of drug-likeness (QED) is 0.831. The zero-order valence-electron chi connectivity index (χ0n) is 9.43. The second-order valence-corrected chi connectivity index (χ2v) is 7.97. The number of amides is 1. The van der Waals surface area contributed by atoms with E-state index in [1.54, 1.807) is 0 Å². The lowest BCUT2D eigenvalue weighted by Crippen LogP contribution is -2.44. The van der Waals surface area contributed by atoms with Crippen LogP contribution in [0, 0.1) is 5.92 Å². The van der Waals surface area contributed by atoms with Gasteiger partial charge in [-0.2, -0.15) is 4.72 Å². The van der Waals surface area contributed by atoms with Crippen LogP contribution in [0.4, 0.5) is 0 Å². The summed E-state index contributed by atoms with van der Waals surface area (Å²) in [5.41, 5.74) is 5.21. The molecule has 1 fully saturated rings. The maximum atomic E-state index is 12.0. The van der Waals surface area contributed by atoms with Gasteiger partial charge in [0.25, 0.3) is 10.0 Å². The molecule has 1 aliphatic carbocycles. The highest BCUT2D eigenvalue weighted by Gasteiger charge is 2.31. The summed E-state index contributed by atoms with van der Waals surface area (Å²) in [7, 11) is -3.72. The summed E-state index contributed by atoms with van der Waals surface area (Å²) in [5.74, 6) is -0.245. The Labute approximate surface area is 114 Å². The first kappa shape index (κ1) is 13.8. The number of hydrogen-bond donors (Lipinski definition) is 2. The standard InChI is InChI=1S/C10H13ClN2O3S2/c11-8-3-4-9(17-8)18(15,16)13-7(10(12)14)5-6-1-2-6/h3-4,6-7,13H,1-2,5H2,(H2,12,14). The van der Waals surface area contributed by atoms with Crippen LogP contribution in [0.3, 0.4) is 0 Å². The van der Waals surface area contributed by atoms with E-state index >= 15 is 0 Å². The number of halogens is 1. The van der Waals surface area contributed by atoms with E-state index in [1.165, 1.54) is 12.1 Å². The predicted molar refractivity (Wildman–Crippen MR) is 70.0 cm³/mol. The van der Waals surface area contributed by atoms with Gasteiger partial charge < -0.3 is 5.73 Å². The highest BCUT2D eigenvalue weighted by atomic mass is 35.5. The largest absolute Gasteiger partial charge is 0.368 e. The molecule has 1 unspecified atom stereocenters. The van der Waals surface area contributed by atoms with Crippen molar-refractivity contribution in [1.29, 1.82) is 0 Å². The lowest BCUT2D eigenvalue weighted by atomic mass is 10.1. The van der Waals surface area contributed by atoms with E-state index in [9.17, 15) is 13.2 Å². The maximum absolute atomic E-state index is 12.0. The fourth-order valence-electron chi connectivity index (χ4n) is 1.60. The summed E-state index contributed by atoms with van der Waals surface area (Å²) >= 11 is 6.64. The van der Waals surface area contributed by atoms with Crippen molar-refractivity contribution in [2.24, 2.45) is 11.7 Å². The average Bonchev–Trinajstić information content (AvgIpc) is 2.96. The van der Waals surface area contributed by atoms with Crippen LogP contribution in [-0.4, -0.2) is 20.4 Å². The zero-order chi connectivity index (χ0) is 13.3. The first-order valence-corrected chi connectivity index (χ1v) is 8.13. The van der Waals surface area contributed by atoms with E-state index in [0.717, 1.165) is 24.2 Å². The van der Waals surface area contributed by atoms with E-state index in [-0.39, 0.29) is 4.21 Å². The molecule has 1 aliphatic rings. The van der Waals surface area contributed by atoms with Crippen LogP contribution in [0.1, 0.15) is 19.3 Å². The number of carbonyl (C=O) groups excluding carboxylic acids is 1. The van der Waals surface area contributed by atoms with Crippen LogP contribution in [0.25, 0.3) is 0 Å². The number of hydrogen-bond acceptors (Lipinski definition) is 4. The van der Waals surface area contributed by atoms with E-state index in [4.69, 9.17) is 17.3 Å². The third-order valence-corrected chi connectivity index (χ3v) is 5.91. The Balaban J connectivity index is 2.11. The third-order valence-electron chi connectivity index (χ3n) is 2.72. The van der Waals surface area contributed by atoms with E-state index in [0.29, 0.717) is 16.7 Å². The van der Waals surface area contributed by atoms with Crippen molar-refractivity contribution >= 4 is 38.9 Å². The molecule has 0 bridgehead atoms. The van der Waals surface area contributed by atoms with Crippen molar-refractivity contribution in [1.82, 2.24) is 4.72 Å². The number of nitrogens with one attached hydrogen (secondary N) is 1. The van der Waals surface area contributed by atoms with Crippen LogP contribution in [0.2, 0.25) is 4.34 Å². The summed E-state index contributed by atoms with van der Waals surface area (Å²) in [6.45, 7) is 0. The third kappa shape index (κ3) is 3.44. The molecule has 0 saturated heterocycles. The molecule has 8 heteroatoms. The molecule has 2 rings (SSSR count). The number of carbonyl (C=O) groups is 1. The molecule has 0 aromatic carbocycles. The summed E-state index contributed by atoms with van der Waals surface area (Å²) in [6, 6.07) is 2.06. The molecule has 1 amide bonds. The molecular formula is C10H13ClN2O3S2. The summed E-state index contributed by atoms with van der Waals surface area (Å²) < 4.78 is 26.8. The van der Waals surface area contributed by atoms with Crippen molar-refractivity contribution in [3.63, 3.8) is 0 Å². The van der Waals surface area contributed by atoms with Crippen LogP contribution in [0.15, 0.2) is 16.3 Å². The minimum atomic E-state index is -3.72. The lowest BCUT2D eigenvalue weighted by molar-refractivity contribution is -0.119. The zero-order valence-corrected chi connectivity index (χ0v) is 11.8. The van der Waals surface area contributed by atoms with Crippen molar-refractivity contribution < 1.29 is 13.2 Å². The maximum Gasteiger partial charge on any atom is 0.250 e. The molecule has 0 radical (unpaired) electrons. The Bertz CT molecular complexity index is 551. The number of sulfonamides is 1. The van der Waals surface area contributed by atoms with Crippen LogP contribution in [-0.2, 0) is 14.8 Å². The fraction of sp³-hybridized carbons (Fsp3) is 0.500. The highest BCUT2D eigenvalue weighted by Crippen LogP contribution is 2.34. The Morgan fingerprint density at radius 1 is 1.56 bits per heavy atom. The molecule has 0 aliphatic heterocycles. The van der Waals surface area contributed by atoms with Gasteiger partial charge in [-0.1, -0.05) is 24.4 Å². The number of thiophene rings is 1. The van der Waals surface area contributed by atoms with Gasteiger partial charge in [0.15, 0.2) is 0 Å². The second kappa shape index (κ2) is 5.16. The molecule has 0 spiro atoms. The molecular weight excluding hydrogens is 296 g/mol. The normalized spacial score (nSPS) is 17.6. The Hall–Kier alpha value is -0.630. The number of primary amides is 1. The van der Waals surface area contributed by atoms with Gasteiger partial charge in [0, 0.05) is 0 Å². The van der Waals surface area contributed by atoms with Gasteiger partial charge in [-0.05, 0) is 24.5 Å². The van der Waals surface area contributed by atoms with E-state index in [1.807, 2.05) is 0 Å². The van der Waals surface area contributed by atoms with Gasteiger partial charge in [-0.25, -0.2) is 8.42 Å². The Morgan fingerprint density at radius 2 is 2.22 bits per heavy atom. The van der Waals surface area contributed by atoms with E-state index in [2.05, 4.69) is 4.72 Å². The number of rotatable bonds is 6. The summed E-state index contributed by atoms with van der Waals surface area (Å²) in [4.78, 5) is 11.2. The molecule has 18 heavy (non-hydrogen) atoms. The predicted octanol–water partition coefficient (Wildman–Crippen LogP) is 1.33. The number of nitrogens with two attached hydrogens (primary N) is 1. The molecule has 1 heterocycles. The minimum absolute atomic E-state index is 0.0922. The lowest BCUT2D eigenvalue weighted by Gasteiger charge is -2.14. The van der Waals surface area contributed by atoms with Gasteiger partial charge in [0.1, 0.15) is 10.3 Å². The molecule has 3 N–H and O–H groups in total. The topological polar surface area (TPSA) is 89.3 Å². The first-order valence-electron chi connectivity index (χ1n) is 5.45. The van der Waals surface area contributed by atoms with Crippen molar-refractivity contribution in [3.8, 4) is 0 Å².